The van der Waals surface area contributed by atoms with Crippen LogP contribution < -0.4 is 0 Å². The van der Waals surface area contributed by atoms with E-state index in [0.29, 0.717) is 11.5 Å². The molecule has 0 aromatic carbocycles. The van der Waals surface area contributed by atoms with Crippen LogP contribution in [-0.2, 0) is 9.84 Å². The van der Waals surface area contributed by atoms with Crippen molar-refractivity contribution in [3.05, 3.63) is 0 Å². The zero-order chi connectivity index (χ0) is 16.5. The smallest absolute Gasteiger partial charge is 0.152 e. The summed E-state index contributed by atoms with van der Waals surface area (Å²) in [6.07, 6.45) is 12.8. The molecule has 4 heteroatoms. The molecule has 3 nitrogen and oxygen atoms in total. The van der Waals surface area contributed by atoms with Gasteiger partial charge in [-0.15, -0.1) is 0 Å². The topological polar surface area (TPSA) is 37.4 Å². The molecule has 1 saturated heterocycles. The molecule has 1 fully saturated rings. The molecule has 0 aromatic heterocycles. The SMILES string of the molecule is CCCCCCCC(C)(CCCCC)N1CCS(=O)(=O)CC1. The van der Waals surface area contributed by atoms with Gasteiger partial charge in [0.1, 0.15) is 0 Å². The second-order valence-electron chi connectivity index (χ2n) is 7.26. The normalized spacial score (nSPS) is 21.6. The summed E-state index contributed by atoms with van der Waals surface area (Å²) < 4.78 is 23.4. The number of hydrogen-bond donors (Lipinski definition) is 0. The Bertz CT molecular complexity index is 380. The first-order chi connectivity index (χ1) is 10.4. The average Bonchev–Trinajstić information content (AvgIpc) is 2.47. The Hall–Kier alpha value is -0.0900. The lowest BCUT2D eigenvalue weighted by Gasteiger charge is -2.44. The number of unbranched alkanes of at least 4 members (excludes halogenated alkanes) is 6. The van der Waals surface area contributed by atoms with Gasteiger partial charge in [0.25, 0.3) is 0 Å². The van der Waals surface area contributed by atoms with Gasteiger partial charge in [0.15, 0.2) is 9.84 Å². The van der Waals surface area contributed by atoms with Gasteiger partial charge >= 0.3 is 0 Å². The molecule has 1 rings (SSSR count). The minimum Gasteiger partial charge on any atom is -0.296 e. The molecule has 0 amide bonds. The molecule has 1 atom stereocenters. The predicted molar refractivity (Wildman–Crippen MR) is 96.1 cm³/mol. The van der Waals surface area contributed by atoms with Crippen molar-refractivity contribution < 1.29 is 8.42 Å². The van der Waals surface area contributed by atoms with Gasteiger partial charge in [-0.05, 0) is 19.8 Å². The molecular weight excluding hydrogens is 294 g/mol. The highest BCUT2D eigenvalue weighted by Crippen LogP contribution is 2.30. The van der Waals surface area contributed by atoms with Crippen molar-refractivity contribution >= 4 is 9.84 Å². The van der Waals surface area contributed by atoms with Gasteiger partial charge in [0.05, 0.1) is 11.5 Å². The van der Waals surface area contributed by atoms with E-state index in [-0.39, 0.29) is 5.54 Å². The lowest BCUT2D eigenvalue weighted by atomic mass is 9.86. The van der Waals surface area contributed by atoms with Crippen molar-refractivity contribution in [2.24, 2.45) is 0 Å². The fourth-order valence-electron chi connectivity index (χ4n) is 3.56. The Balaban J connectivity index is 2.53. The predicted octanol–water partition coefficient (Wildman–Crippen LogP) is 4.42. The van der Waals surface area contributed by atoms with Crippen molar-refractivity contribution in [2.75, 3.05) is 24.6 Å². The molecule has 0 N–H and O–H groups in total. The molecule has 22 heavy (non-hydrogen) atoms. The van der Waals surface area contributed by atoms with Crippen LogP contribution in [0.3, 0.4) is 0 Å². The summed E-state index contributed by atoms with van der Waals surface area (Å²) in [6.45, 7) is 8.35. The van der Waals surface area contributed by atoms with Gasteiger partial charge in [-0.25, -0.2) is 8.42 Å². The fraction of sp³-hybridized carbons (Fsp3) is 1.00. The van der Waals surface area contributed by atoms with E-state index >= 15 is 0 Å². The van der Waals surface area contributed by atoms with Crippen LogP contribution in [0.1, 0.15) is 85.0 Å². The van der Waals surface area contributed by atoms with Gasteiger partial charge in [-0.2, -0.15) is 0 Å². The van der Waals surface area contributed by atoms with Crippen molar-refractivity contribution in [3.8, 4) is 0 Å². The Morgan fingerprint density at radius 2 is 1.27 bits per heavy atom. The minimum absolute atomic E-state index is 0.206. The standard InChI is InChI=1S/C18H37NO2S/c1-4-6-8-9-11-13-18(3,12-10-7-5-2)19-14-16-22(20,21)17-15-19/h4-17H2,1-3H3. The van der Waals surface area contributed by atoms with Crippen molar-refractivity contribution in [3.63, 3.8) is 0 Å². The Morgan fingerprint density at radius 3 is 1.82 bits per heavy atom. The summed E-state index contributed by atoms with van der Waals surface area (Å²) in [5.74, 6) is 0.707. The molecule has 0 spiro atoms. The highest BCUT2D eigenvalue weighted by molar-refractivity contribution is 7.91. The third-order valence-electron chi connectivity index (χ3n) is 5.25. The van der Waals surface area contributed by atoms with Crippen LogP contribution in [0.25, 0.3) is 0 Å². The summed E-state index contributed by atoms with van der Waals surface area (Å²) in [5, 5.41) is 0. The second kappa shape index (κ2) is 9.92. The van der Waals surface area contributed by atoms with E-state index in [1.54, 1.807) is 0 Å². The van der Waals surface area contributed by atoms with Crippen LogP contribution in [0.15, 0.2) is 0 Å². The van der Waals surface area contributed by atoms with Crippen LogP contribution in [0.5, 0.6) is 0 Å². The summed E-state index contributed by atoms with van der Waals surface area (Å²) in [4.78, 5) is 2.48. The molecule has 0 saturated carbocycles. The molecule has 132 valence electrons. The zero-order valence-corrected chi connectivity index (χ0v) is 15.9. The van der Waals surface area contributed by atoms with Gasteiger partial charge in [0, 0.05) is 18.6 Å². The molecule has 0 aromatic rings. The van der Waals surface area contributed by atoms with E-state index in [9.17, 15) is 8.42 Å². The molecular formula is C18H37NO2S. The Kier molecular flexibility index (Phi) is 9.00. The summed E-state index contributed by atoms with van der Waals surface area (Å²) in [6, 6.07) is 0. The maximum absolute atomic E-state index is 11.7. The van der Waals surface area contributed by atoms with E-state index in [4.69, 9.17) is 0 Å². The number of rotatable bonds is 11. The van der Waals surface area contributed by atoms with Crippen molar-refractivity contribution in [1.29, 1.82) is 0 Å². The highest BCUT2D eigenvalue weighted by Gasteiger charge is 2.34. The summed E-state index contributed by atoms with van der Waals surface area (Å²) in [7, 11) is -2.78. The molecule has 0 bridgehead atoms. The molecule has 1 unspecified atom stereocenters. The first-order valence-electron chi connectivity index (χ1n) is 9.39. The van der Waals surface area contributed by atoms with E-state index in [1.807, 2.05) is 0 Å². The van der Waals surface area contributed by atoms with E-state index in [1.165, 1.54) is 64.2 Å². The fourth-order valence-corrected chi connectivity index (χ4v) is 4.76. The van der Waals surface area contributed by atoms with E-state index in [2.05, 4.69) is 25.7 Å². The maximum atomic E-state index is 11.7. The molecule has 0 radical (unpaired) electrons. The third-order valence-corrected chi connectivity index (χ3v) is 6.85. The number of nitrogens with zero attached hydrogens (tertiary/aromatic N) is 1. The average molecular weight is 332 g/mol. The van der Waals surface area contributed by atoms with E-state index < -0.39 is 9.84 Å². The van der Waals surface area contributed by atoms with Gasteiger partial charge in [-0.3, -0.25) is 4.90 Å². The second-order valence-corrected chi connectivity index (χ2v) is 9.56. The monoisotopic (exact) mass is 331 g/mol. The third kappa shape index (κ3) is 6.99. The quantitative estimate of drug-likeness (QED) is 0.526. The first-order valence-corrected chi connectivity index (χ1v) is 11.2. The van der Waals surface area contributed by atoms with Crippen LogP contribution in [0, 0.1) is 0 Å². The molecule has 1 aliphatic rings. The Morgan fingerprint density at radius 1 is 0.818 bits per heavy atom. The number of hydrogen-bond acceptors (Lipinski definition) is 3. The van der Waals surface area contributed by atoms with Crippen LogP contribution in [-0.4, -0.2) is 43.5 Å². The van der Waals surface area contributed by atoms with Crippen LogP contribution in [0.2, 0.25) is 0 Å². The number of sulfone groups is 1. The lowest BCUT2D eigenvalue weighted by Crippen LogP contribution is -2.53. The maximum Gasteiger partial charge on any atom is 0.152 e. The highest BCUT2D eigenvalue weighted by atomic mass is 32.2. The minimum atomic E-state index is -2.78. The van der Waals surface area contributed by atoms with Crippen molar-refractivity contribution in [2.45, 2.75) is 90.5 Å². The van der Waals surface area contributed by atoms with Gasteiger partial charge in [-0.1, -0.05) is 65.2 Å². The van der Waals surface area contributed by atoms with Crippen molar-refractivity contribution in [1.82, 2.24) is 4.90 Å². The molecule has 1 aliphatic heterocycles. The van der Waals surface area contributed by atoms with Gasteiger partial charge in [0.2, 0.25) is 0 Å². The Labute approximate surface area is 138 Å². The van der Waals surface area contributed by atoms with Crippen LogP contribution in [0.4, 0.5) is 0 Å². The van der Waals surface area contributed by atoms with E-state index in [0.717, 1.165) is 13.1 Å². The summed E-state index contributed by atoms with van der Waals surface area (Å²) >= 11 is 0. The van der Waals surface area contributed by atoms with Crippen LogP contribution >= 0.6 is 0 Å². The molecule has 1 heterocycles. The first kappa shape index (κ1) is 20.0. The lowest BCUT2D eigenvalue weighted by molar-refractivity contribution is 0.0894. The largest absolute Gasteiger partial charge is 0.296 e. The zero-order valence-electron chi connectivity index (χ0n) is 15.1. The molecule has 0 aliphatic carbocycles. The summed E-state index contributed by atoms with van der Waals surface area (Å²) in [5.41, 5.74) is 0.206. The van der Waals surface area contributed by atoms with Gasteiger partial charge < -0.3 is 0 Å².